The quantitative estimate of drug-likeness (QED) is 0.206. The summed E-state index contributed by atoms with van der Waals surface area (Å²) >= 11 is 0. The molecule has 0 spiro atoms. The van der Waals surface area contributed by atoms with Crippen LogP contribution in [-0.2, 0) is 0 Å². The molecule has 2 heterocycles. The van der Waals surface area contributed by atoms with Gasteiger partial charge in [0.1, 0.15) is 0 Å². The summed E-state index contributed by atoms with van der Waals surface area (Å²) in [5.74, 6) is 0. The molecular weight excluding hydrogens is 522 g/mol. The molecule has 3 heteroatoms. The first kappa shape index (κ1) is 23.9. The van der Waals surface area contributed by atoms with Crippen molar-refractivity contribution in [3.8, 4) is 27.9 Å². The molecule has 0 unspecified atom stereocenters. The lowest BCUT2D eigenvalue weighted by Crippen LogP contribution is -1.94. The van der Waals surface area contributed by atoms with Crippen molar-refractivity contribution >= 4 is 54.4 Å². The minimum atomic E-state index is 0.934. The molecule has 0 amide bonds. The third kappa shape index (κ3) is 3.68. The molecule has 0 N–H and O–H groups in total. The van der Waals surface area contributed by atoms with Gasteiger partial charge in [-0.05, 0) is 69.4 Å². The monoisotopic (exact) mass is 547 g/mol. The summed E-state index contributed by atoms with van der Waals surface area (Å²) < 4.78 is 2.38. The average Bonchev–Trinajstić information content (AvgIpc) is 3.41. The highest BCUT2D eigenvalue weighted by Crippen LogP contribution is 2.40. The summed E-state index contributed by atoms with van der Waals surface area (Å²) in [6.45, 7) is 0. The number of rotatable bonds is 3. The lowest BCUT2D eigenvalue weighted by atomic mass is 9.97. The maximum atomic E-state index is 4.82. The molecule has 2 aromatic heterocycles. The van der Waals surface area contributed by atoms with Crippen molar-refractivity contribution in [2.45, 2.75) is 0 Å². The fourth-order valence-corrected chi connectivity index (χ4v) is 6.68. The second-order valence-electron chi connectivity index (χ2n) is 11.1. The highest BCUT2D eigenvalue weighted by molar-refractivity contribution is 6.27. The van der Waals surface area contributed by atoms with E-state index in [0.29, 0.717) is 0 Å². The van der Waals surface area contributed by atoms with Gasteiger partial charge >= 0.3 is 0 Å². The number of para-hydroxylation sites is 1. The smallest absolute Gasteiger partial charge is 0.0972 e. The van der Waals surface area contributed by atoms with Gasteiger partial charge in [0.25, 0.3) is 0 Å². The van der Waals surface area contributed by atoms with E-state index in [1.54, 1.807) is 12.4 Å². The molecule has 0 aliphatic heterocycles. The summed E-state index contributed by atoms with van der Waals surface area (Å²) in [6.07, 6.45) is 3.58. The van der Waals surface area contributed by atoms with E-state index in [-0.39, 0.29) is 0 Å². The molecule has 200 valence electrons. The van der Waals surface area contributed by atoms with Gasteiger partial charge in [0.2, 0.25) is 0 Å². The molecule has 0 radical (unpaired) electrons. The highest BCUT2D eigenvalue weighted by atomic mass is 15.0. The Bertz CT molecular complexity index is 2490. The van der Waals surface area contributed by atoms with Gasteiger partial charge in [-0.1, -0.05) is 103 Å². The molecular formula is C40H25N3. The third-order valence-electron chi connectivity index (χ3n) is 8.67. The van der Waals surface area contributed by atoms with Crippen molar-refractivity contribution in [2.75, 3.05) is 0 Å². The SMILES string of the molecule is c1ccc(-c2cccc(-c3ccc(-n4c5ccccc5c5cc6c7ccccc7c7nccnc7c6cc54)cc3)c2)cc1. The minimum Gasteiger partial charge on any atom is -0.309 e. The number of aromatic nitrogens is 3. The molecule has 3 nitrogen and oxygen atoms in total. The van der Waals surface area contributed by atoms with E-state index in [1.807, 2.05) is 0 Å². The van der Waals surface area contributed by atoms with Gasteiger partial charge in [-0.25, -0.2) is 0 Å². The minimum absolute atomic E-state index is 0.934. The Morgan fingerprint density at radius 2 is 0.953 bits per heavy atom. The molecule has 0 fully saturated rings. The molecule has 0 atom stereocenters. The number of hydrogen-bond acceptors (Lipinski definition) is 2. The Morgan fingerprint density at radius 1 is 0.349 bits per heavy atom. The highest BCUT2D eigenvalue weighted by Gasteiger charge is 2.17. The Kier molecular flexibility index (Phi) is 5.20. The van der Waals surface area contributed by atoms with Crippen LogP contribution in [-0.4, -0.2) is 14.5 Å². The predicted molar refractivity (Wildman–Crippen MR) is 180 cm³/mol. The number of nitrogens with zero attached hydrogens (tertiary/aromatic N) is 3. The van der Waals surface area contributed by atoms with Gasteiger partial charge < -0.3 is 4.57 Å². The second kappa shape index (κ2) is 9.37. The summed E-state index contributed by atoms with van der Waals surface area (Å²) in [5.41, 5.74) is 10.2. The van der Waals surface area contributed by atoms with Crippen molar-refractivity contribution in [1.82, 2.24) is 14.5 Å². The van der Waals surface area contributed by atoms with Gasteiger partial charge in [-0.15, -0.1) is 0 Å². The zero-order chi connectivity index (χ0) is 28.3. The van der Waals surface area contributed by atoms with Crippen molar-refractivity contribution in [2.24, 2.45) is 0 Å². The van der Waals surface area contributed by atoms with Crippen LogP contribution >= 0.6 is 0 Å². The van der Waals surface area contributed by atoms with Gasteiger partial charge in [-0.3, -0.25) is 9.97 Å². The van der Waals surface area contributed by atoms with E-state index in [2.05, 4.69) is 144 Å². The molecule has 9 rings (SSSR count). The zero-order valence-electron chi connectivity index (χ0n) is 23.3. The van der Waals surface area contributed by atoms with Crippen LogP contribution in [0.2, 0.25) is 0 Å². The van der Waals surface area contributed by atoms with Crippen molar-refractivity contribution in [3.63, 3.8) is 0 Å². The summed E-state index contributed by atoms with van der Waals surface area (Å²) in [5, 5.41) is 7.12. The van der Waals surface area contributed by atoms with Crippen LogP contribution in [0.4, 0.5) is 0 Å². The molecule has 0 bridgehead atoms. The van der Waals surface area contributed by atoms with Crippen molar-refractivity contribution < 1.29 is 0 Å². The van der Waals surface area contributed by atoms with E-state index in [4.69, 9.17) is 9.97 Å². The lowest BCUT2D eigenvalue weighted by molar-refractivity contribution is 1.18. The largest absolute Gasteiger partial charge is 0.309 e. The van der Waals surface area contributed by atoms with Crippen LogP contribution in [0.15, 0.2) is 152 Å². The average molecular weight is 548 g/mol. The van der Waals surface area contributed by atoms with Gasteiger partial charge in [0.05, 0.1) is 22.1 Å². The number of fused-ring (bicyclic) bond motifs is 9. The topological polar surface area (TPSA) is 30.7 Å². The third-order valence-corrected chi connectivity index (χ3v) is 8.67. The van der Waals surface area contributed by atoms with E-state index in [0.717, 1.165) is 33.0 Å². The molecule has 0 aliphatic rings. The van der Waals surface area contributed by atoms with Crippen molar-refractivity contribution in [1.29, 1.82) is 0 Å². The molecule has 0 aliphatic carbocycles. The predicted octanol–water partition coefficient (Wildman–Crippen LogP) is 10.4. The van der Waals surface area contributed by atoms with Crippen LogP contribution in [0, 0.1) is 0 Å². The molecule has 9 aromatic rings. The van der Waals surface area contributed by atoms with Crippen LogP contribution in [0.3, 0.4) is 0 Å². The second-order valence-corrected chi connectivity index (χ2v) is 11.1. The molecule has 7 aromatic carbocycles. The fourth-order valence-electron chi connectivity index (χ4n) is 6.68. The van der Waals surface area contributed by atoms with Crippen molar-refractivity contribution in [3.05, 3.63) is 152 Å². The zero-order valence-corrected chi connectivity index (χ0v) is 23.3. The first-order chi connectivity index (χ1) is 21.3. The molecule has 0 saturated carbocycles. The normalized spacial score (nSPS) is 11.7. The fraction of sp³-hybridized carbons (Fsp3) is 0. The molecule has 43 heavy (non-hydrogen) atoms. The maximum Gasteiger partial charge on any atom is 0.0972 e. The van der Waals surface area contributed by atoms with E-state index < -0.39 is 0 Å². The first-order valence-corrected chi connectivity index (χ1v) is 14.6. The summed E-state index contributed by atoms with van der Waals surface area (Å²) in [6, 6.07) is 50.1. The van der Waals surface area contributed by atoms with Crippen LogP contribution in [0.1, 0.15) is 0 Å². The Labute approximate surface area is 248 Å². The van der Waals surface area contributed by atoms with E-state index in [9.17, 15) is 0 Å². The number of benzene rings is 7. The Morgan fingerprint density at radius 3 is 1.72 bits per heavy atom. The Hall–Kier alpha value is -5.80. The van der Waals surface area contributed by atoms with Gasteiger partial charge in [0, 0.05) is 39.6 Å². The molecule has 0 saturated heterocycles. The lowest BCUT2D eigenvalue weighted by Gasteiger charge is -2.12. The summed E-state index contributed by atoms with van der Waals surface area (Å²) in [7, 11) is 0. The van der Waals surface area contributed by atoms with Crippen LogP contribution in [0.5, 0.6) is 0 Å². The van der Waals surface area contributed by atoms with E-state index in [1.165, 1.54) is 49.3 Å². The van der Waals surface area contributed by atoms with E-state index >= 15 is 0 Å². The number of hydrogen-bond donors (Lipinski definition) is 0. The standard InChI is InChI=1S/C40H25N3/c1-2-9-26(10-3-1)28-11-8-12-29(23-28)27-17-19-30(20-18-27)43-37-16-7-6-14-32(37)35-24-34-31-13-4-5-15-33(31)39-40(42-22-21-41-39)36(34)25-38(35)43/h1-25H. The van der Waals surface area contributed by atoms with Crippen LogP contribution < -0.4 is 0 Å². The maximum absolute atomic E-state index is 4.82. The van der Waals surface area contributed by atoms with Gasteiger partial charge in [-0.2, -0.15) is 0 Å². The first-order valence-electron chi connectivity index (χ1n) is 14.6. The summed E-state index contributed by atoms with van der Waals surface area (Å²) in [4.78, 5) is 9.58. The van der Waals surface area contributed by atoms with Crippen LogP contribution in [0.25, 0.3) is 82.3 Å². The Balaban J connectivity index is 1.26. The van der Waals surface area contributed by atoms with Gasteiger partial charge in [0.15, 0.2) is 0 Å².